The number of hydrogen-bond acceptors (Lipinski definition) is 0. The second kappa shape index (κ2) is 9.48. The third kappa shape index (κ3) is 9.48. The highest BCUT2D eigenvalue weighted by Crippen LogP contribution is 1.99. The second-order valence-corrected chi connectivity index (χ2v) is 2.76. The number of hydrogen-bond donors (Lipinski definition) is 0. The van der Waals surface area contributed by atoms with Crippen molar-refractivity contribution in [2.24, 2.45) is 0 Å². The largest absolute Gasteiger partial charge is 0.0917 e. The summed E-state index contributed by atoms with van der Waals surface area (Å²) >= 11 is 0. The fourth-order valence-corrected chi connectivity index (χ4v) is 0.923. The van der Waals surface area contributed by atoms with E-state index in [9.17, 15) is 0 Å². The monoisotopic (exact) mass is 152 g/mol. The van der Waals surface area contributed by atoms with Crippen molar-refractivity contribution in [3.05, 3.63) is 24.3 Å². The molecule has 0 bridgehead atoms. The summed E-state index contributed by atoms with van der Waals surface area (Å²) < 4.78 is 0. The van der Waals surface area contributed by atoms with Crippen LogP contribution in [0.3, 0.4) is 0 Å². The highest BCUT2D eigenvalue weighted by atomic mass is 13.9. The number of unbranched alkanes of at least 4 members (excludes halogenated alkanes) is 3. The Hall–Kier alpha value is -0.520. The first kappa shape index (κ1) is 10.5. The summed E-state index contributed by atoms with van der Waals surface area (Å²) in [5.41, 5.74) is 0. The molecule has 0 atom stereocenters. The Kier molecular flexibility index (Phi) is 9.03. The van der Waals surface area contributed by atoms with Crippen molar-refractivity contribution in [1.82, 2.24) is 0 Å². The van der Waals surface area contributed by atoms with Gasteiger partial charge >= 0.3 is 0 Å². The molecule has 0 saturated heterocycles. The van der Waals surface area contributed by atoms with Crippen LogP contribution in [-0.2, 0) is 0 Å². The van der Waals surface area contributed by atoms with E-state index in [1.165, 1.54) is 32.1 Å². The second-order valence-electron chi connectivity index (χ2n) is 2.76. The minimum Gasteiger partial charge on any atom is -0.0917 e. The van der Waals surface area contributed by atoms with E-state index in [0.29, 0.717) is 0 Å². The van der Waals surface area contributed by atoms with Crippen LogP contribution >= 0.6 is 0 Å². The molecule has 64 valence electrons. The molecule has 0 heteroatoms. The molecule has 0 heterocycles. The number of allylic oxidation sites excluding steroid dienone is 4. The van der Waals surface area contributed by atoms with Crippen molar-refractivity contribution < 1.29 is 0 Å². The lowest BCUT2D eigenvalue weighted by Crippen LogP contribution is -1.68. The van der Waals surface area contributed by atoms with Crippen LogP contribution < -0.4 is 0 Å². The molecule has 0 N–H and O–H groups in total. The van der Waals surface area contributed by atoms with E-state index in [4.69, 9.17) is 0 Å². The van der Waals surface area contributed by atoms with Gasteiger partial charge in [0.1, 0.15) is 0 Å². The van der Waals surface area contributed by atoms with Gasteiger partial charge in [-0.05, 0) is 32.6 Å². The lowest BCUT2D eigenvalue weighted by Gasteiger charge is -1.89. The van der Waals surface area contributed by atoms with E-state index in [0.717, 1.165) is 0 Å². The Morgan fingerprint density at radius 3 is 2.18 bits per heavy atom. The predicted molar refractivity (Wildman–Crippen MR) is 52.7 cm³/mol. The normalized spacial score (nSPS) is 11.8. The summed E-state index contributed by atoms with van der Waals surface area (Å²) in [4.78, 5) is 0. The lowest BCUT2D eigenvalue weighted by molar-refractivity contribution is 0.858. The minimum atomic E-state index is 1.23. The minimum absolute atomic E-state index is 1.23. The first-order chi connectivity index (χ1) is 5.41. The average Bonchev–Trinajstić information content (AvgIpc) is 2.03. The molecule has 0 aliphatic heterocycles. The van der Waals surface area contributed by atoms with E-state index in [1.54, 1.807) is 0 Å². The van der Waals surface area contributed by atoms with E-state index < -0.39 is 0 Å². The first-order valence-corrected chi connectivity index (χ1v) is 4.68. The SMILES string of the molecule is C/C=C\CCC/C=C\CCC. The van der Waals surface area contributed by atoms with Crippen LogP contribution in [-0.4, -0.2) is 0 Å². The Labute approximate surface area is 71.0 Å². The van der Waals surface area contributed by atoms with Gasteiger partial charge in [0.15, 0.2) is 0 Å². The molecule has 0 rings (SSSR count). The molecule has 0 aromatic heterocycles. The van der Waals surface area contributed by atoms with Gasteiger partial charge in [-0.1, -0.05) is 37.6 Å². The molecule has 0 saturated carbocycles. The van der Waals surface area contributed by atoms with Gasteiger partial charge < -0.3 is 0 Å². The zero-order valence-corrected chi connectivity index (χ0v) is 7.84. The van der Waals surface area contributed by atoms with Crippen LogP contribution in [0, 0.1) is 0 Å². The zero-order valence-electron chi connectivity index (χ0n) is 7.84. The molecular weight excluding hydrogens is 132 g/mol. The molecule has 11 heavy (non-hydrogen) atoms. The van der Waals surface area contributed by atoms with Crippen LogP contribution in [0.1, 0.15) is 46.0 Å². The van der Waals surface area contributed by atoms with Gasteiger partial charge in [0.05, 0.1) is 0 Å². The van der Waals surface area contributed by atoms with Crippen LogP contribution in [0.5, 0.6) is 0 Å². The Bertz CT molecular complexity index is 109. The van der Waals surface area contributed by atoms with Crippen LogP contribution in [0.25, 0.3) is 0 Å². The van der Waals surface area contributed by atoms with Gasteiger partial charge in [0.2, 0.25) is 0 Å². The summed E-state index contributed by atoms with van der Waals surface area (Å²) in [6.07, 6.45) is 15.2. The van der Waals surface area contributed by atoms with Crippen LogP contribution in [0.4, 0.5) is 0 Å². The third-order valence-electron chi connectivity index (χ3n) is 1.60. The average molecular weight is 152 g/mol. The maximum Gasteiger partial charge on any atom is -0.0348 e. The van der Waals surface area contributed by atoms with Crippen molar-refractivity contribution in [3.8, 4) is 0 Å². The zero-order chi connectivity index (χ0) is 8.36. The third-order valence-corrected chi connectivity index (χ3v) is 1.60. The van der Waals surface area contributed by atoms with Crippen molar-refractivity contribution >= 4 is 0 Å². The van der Waals surface area contributed by atoms with Crippen molar-refractivity contribution in [3.63, 3.8) is 0 Å². The van der Waals surface area contributed by atoms with Gasteiger partial charge in [0.25, 0.3) is 0 Å². The van der Waals surface area contributed by atoms with Crippen LogP contribution in [0.15, 0.2) is 24.3 Å². The first-order valence-electron chi connectivity index (χ1n) is 4.68. The fraction of sp³-hybridized carbons (Fsp3) is 0.636. The van der Waals surface area contributed by atoms with Gasteiger partial charge in [0, 0.05) is 0 Å². The lowest BCUT2D eigenvalue weighted by atomic mass is 10.2. The van der Waals surface area contributed by atoms with E-state index in [-0.39, 0.29) is 0 Å². The molecule has 0 radical (unpaired) electrons. The molecule has 0 spiro atoms. The highest BCUT2D eigenvalue weighted by Gasteiger charge is 1.78. The van der Waals surface area contributed by atoms with Gasteiger partial charge in [-0.25, -0.2) is 0 Å². The quantitative estimate of drug-likeness (QED) is 0.397. The Morgan fingerprint density at radius 1 is 0.909 bits per heavy atom. The smallest absolute Gasteiger partial charge is 0.0348 e. The van der Waals surface area contributed by atoms with Crippen molar-refractivity contribution in [2.45, 2.75) is 46.0 Å². The van der Waals surface area contributed by atoms with Crippen molar-refractivity contribution in [2.75, 3.05) is 0 Å². The Balaban J connectivity index is 3.00. The topological polar surface area (TPSA) is 0 Å². The summed E-state index contributed by atoms with van der Waals surface area (Å²) in [6.45, 7) is 4.29. The summed E-state index contributed by atoms with van der Waals surface area (Å²) in [5.74, 6) is 0. The molecule has 0 aromatic carbocycles. The maximum absolute atomic E-state index is 2.30. The number of rotatable bonds is 6. The molecule has 0 nitrogen and oxygen atoms in total. The molecule has 0 amide bonds. The van der Waals surface area contributed by atoms with Gasteiger partial charge in [-0.3, -0.25) is 0 Å². The fourth-order valence-electron chi connectivity index (χ4n) is 0.923. The van der Waals surface area contributed by atoms with E-state index in [1.807, 2.05) is 0 Å². The predicted octanol–water partition coefficient (Wildman–Crippen LogP) is 4.09. The maximum atomic E-state index is 2.30. The Morgan fingerprint density at radius 2 is 1.55 bits per heavy atom. The molecular formula is C11H20. The summed E-state index contributed by atoms with van der Waals surface area (Å²) in [6, 6.07) is 0. The summed E-state index contributed by atoms with van der Waals surface area (Å²) in [7, 11) is 0. The molecule has 0 fully saturated rings. The molecule has 0 unspecified atom stereocenters. The van der Waals surface area contributed by atoms with Gasteiger partial charge in [-0.2, -0.15) is 0 Å². The van der Waals surface area contributed by atoms with Crippen LogP contribution in [0.2, 0.25) is 0 Å². The van der Waals surface area contributed by atoms with Crippen molar-refractivity contribution in [1.29, 1.82) is 0 Å². The highest BCUT2D eigenvalue weighted by molar-refractivity contribution is 4.83. The van der Waals surface area contributed by atoms with Gasteiger partial charge in [-0.15, -0.1) is 0 Å². The molecule has 0 aromatic rings. The molecule has 0 aliphatic carbocycles. The van der Waals surface area contributed by atoms with E-state index >= 15 is 0 Å². The summed E-state index contributed by atoms with van der Waals surface area (Å²) in [5, 5.41) is 0. The standard InChI is InChI=1S/C11H20/c1-3-5-7-9-11-10-8-6-4-2/h3,5,8,10H,4,6-7,9,11H2,1-2H3/b5-3-,10-8-. The molecule has 0 aliphatic rings. The van der Waals surface area contributed by atoms with E-state index in [2.05, 4.69) is 38.2 Å².